The Morgan fingerprint density at radius 1 is 1.20 bits per heavy atom. The zero-order valence-corrected chi connectivity index (χ0v) is 18.2. The van der Waals surface area contributed by atoms with Gasteiger partial charge in [-0.2, -0.15) is 0 Å². The number of carbonyl (C=O) groups is 1. The average Bonchev–Trinajstić information content (AvgIpc) is 3.04. The molecule has 2 aliphatic rings. The number of ketones is 1. The highest BCUT2D eigenvalue weighted by Crippen LogP contribution is 2.43. The number of nitrogens with zero attached hydrogens (tertiary/aromatic N) is 1. The van der Waals surface area contributed by atoms with Crippen LogP contribution in [-0.4, -0.2) is 37.7 Å². The number of rotatable bonds is 6. The molecule has 0 bridgehead atoms. The minimum absolute atomic E-state index is 0.0691. The molecule has 0 N–H and O–H groups in total. The Morgan fingerprint density at radius 3 is 2.67 bits per heavy atom. The van der Waals surface area contributed by atoms with Crippen LogP contribution in [0, 0.1) is 6.92 Å². The summed E-state index contributed by atoms with van der Waals surface area (Å²) in [7, 11) is 1.71. The van der Waals surface area contributed by atoms with Crippen LogP contribution in [-0.2, 0) is 11.3 Å². The first-order valence-electron chi connectivity index (χ1n) is 10.5. The second-order valence-corrected chi connectivity index (χ2v) is 8.30. The fraction of sp³-hybridized carbons (Fsp3) is 0.400. The quantitative estimate of drug-likeness (QED) is 0.502. The molecule has 2 heterocycles. The summed E-state index contributed by atoms with van der Waals surface area (Å²) in [5.41, 5.74) is 4.78. The summed E-state index contributed by atoms with van der Waals surface area (Å²) in [6.45, 7) is 9.21. The van der Waals surface area contributed by atoms with E-state index >= 15 is 0 Å². The molecule has 30 heavy (non-hydrogen) atoms. The molecule has 0 saturated heterocycles. The van der Waals surface area contributed by atoms with Crippen LogP contribution in [0.4, 0.5) is 0 Å². The molecule has 2 aliphatic heterocycles. The zero-order chi connectivity index (χ0) is 21.3. The van der Waals surface area contributed by atoms with E-state index in [1.54, 1.807) is 7.11 Å². The molecule has 0 spiro atoms. The molecule has 0 amide bonds. The predicted molar refractivity (Wildman–Crippen MR) is 117 cm³/mol. The van der Waals surface area contributed by atoms with Gasteiger partial charge in [-0.25, -0.2) is 0 Å². The Morgan fingerprint density at radius 2 is 1.97 bits per heavy atom. The minimum atomic E-state index is -0.0691. The van der Waals surface area contributed by atoms with Crippen molar-refractivity contribution in [3.8, 4) is 11.5 Å². The van der Waals surface area contributed by atoms with Gasteiger partial charge in [0, 0.05) is 37.9 Å². The van der Waals surface area contributed by atoms with Crippen LogP contribution in [0.1, 0.15) is 58.8 Å². The largest absolute Gasteiger partial charge is 0.477 e. The number of methoxy groups -OCH3 is 1. The summed E-state index contributed by atoms with van der Waals surface area (Å²) in [4.78, 5) is 15.3. The van der Waals surface area contributed by atoms with Crippen molar-refractivity contribution >= 4 is 11.9 Å². The van der Waals surface area contributed by atoms with E-state index in [0.29, 0.717) is 29.7 Å². The van der Waals surface area contributed by atoms with Gasteiger partial charge in [-0.05, 0) is 42.5 Å². The Kier molecular flexibility index (Phi) is 5.93. The molecule has 0 fully saturated rings. The fourth-order valence-corrected chi connectivity index (χ4v) is 4.00. The van der Waals surface area contributed by atoms with Crippen molar-refractivity contribution in [2.45, 2.75) is 39.7 Å². The van der Waals surface area contributed by atoms with Gasteiger partial charge in [0.2, 0.25) is 5.78 Å². The van der Waals surface area contributed by atoms with Crippen LogP contribution >= 0.6 is 0 Å². The molecule has 0 unspecified atom stereocenters. The number of fused-ring (bicyclic) bond motifs is 2. The van der Waals surface area contributed by atoms with Gasteiger partial charge in [-0.3, -0.25) is 9.69 Å². The minimum Gasteiger partial charge on any atom is -0.477 e. The molecule has 2 aromatic carbocycles. The van der Waals surface area contributed by atoms with E-state index in [0.717, 1.165) is 48.6 Å². The van der Waals surface area contributed by atoms with E-state index in [4.69, 9.17) is 14.2 Å². The Balaban J connectivity index is 1.57. The summed E-state index contributed by atoms with van der Waals surface area (Å²) in [6.07, 6.45) is 2.77. The van der Waals surface area contributed by atoms with Gasteiger partial charge >= 0.3 is 0 Å². The van der Waals surface area contributed by atoms with Crippen LogP contribution in [0.15, 0.2) is 36.1 Å². The third-order valence-electron chi connectivity index (χ3n) is 5.73. The number of allylic oxidation sites excluding steroid dienone is 1. The summed E-state index contributed by atoms with van der Waals surface area (Å²) in [5.74, 6) is 2.23. The maximum atomic E-state index is 13.0. The first-order chi connectivity index (χ1) is 14.5. The summed E-state index contributed by atoms with van der Waals surface area (Å²) in [5, 5.41) is 0. The molecular weight excluding hydrogens is 378 g/mol. The normalized spacial score (nSPS) is 17.1. The van der Waals surface area contributed by atoms with Crippen molar-refractivity contribution in [3.63, 3.8) is 0 Å². The van der Waals surface area contributed by atoms with Gasteiger partial charge in [-0.1, -0.05) is 38.1 Å². The highest BCUT2D eigenvalue weighted by atomic mass is 16.5. The number of carbonyl (C=O) groups excluding carboxylic acids is 1. The summed E-state index contributed by atoms with van der Waals surface area (Å²) in [6, 6.07) is 10.2. The van der Waals surface area contributed by atoms with Crippen LogP contribution in [0.2, 0.25) is 0 Å². The maximum Gasteiger partial charge on any atom is 0.231 e. The Bertz CT molecular complexity index is 976. The van der Waals surface area contributed by atoms with E-state index in [9.17, 15) is 4.79 Å². The first kappa shape index (κ1) is 20.6. The van der Waals surface area contributed by atoms with Crippen LogP contribution in [0.3, 0.4) is 0 Å². The van der Waals surface area contributed by atoms with E-state index in [1.807, 2.05) is 31.2 Å². The number of hydrogen-bond acceptors (Lipinski definition) is 5. The monoisotopic (exact) mass is 407 g/mol. The van der Waals surface area contributed by atoms with E-state index in [2.05, 4.69) is 30.9 Å². The lowest BCUT2D eigenvalue weighted by Gasteiger charge is -2.30. The first-order valence-corrected chi connectivity index (χ1v) is 10.5. The average molecular weight is 408 g/mol. The molecule has 4 rings (SSSR count). The van der Waals surface area contributed by atoms with Gasteiger partial charge in [-0.15, -0.1) is 0 Å². The number of benzene rings is 2. The number of hydrogen-bond donors (Lipinski definition) is 0. The van der Waals surface area contributed by atoms with Gasteiger partial charge in [0.1, 0.15) is 18.2 Å². The lowest BCUT2D eigenvalue weighted by molar-refractivity contribution is 0.0826. The predicted octanol–water partition coefficient (Wildman–Crippen LogP) is 4.92. The highest BCUT2D eigenvalue weighted by Gasteiger charge is 2.33. The fourth-order valence-electron chi connectivity index (χ4n) is 4.00. The Hall–Kier alpha value is -2.63. The van der Waals surface area contributed by atoms with Gasteiger partial charge < -0.3 is 14.2 Å². The van der Waals surface area contributed by atoms with Gasteiger partial charge in [0.15, 0.2) is 5.76 Å². The van der Waals surface area contributed by atoms with Crippen molar-refractivity contribution in [2.75, 3.05) is 27.0 Å². The molecule has 2 aromatic rings. The molecule has 0 radical (unpaired) electrons. The maximum absolute atomic E-state index is 13.0. The summed E-state index contributed by atoms with van der Waals surface area (Å²) >= 11 is 0. The lowest BCUT2D eigenvalue weighted by atomic mass is 9.99. The molecule has 5 nitrogen and oxygen atoms in total. The van der Waals surface area contributed by atoms with Crippen molar-refractivity contribution < 1.29 is 19.0 Å². The SMILES string of the molecule is COCCCN1COc2c(cc3c(c2C)O/C(=C\c2ccc(C(C)C)cc2)C3=O)C1. The van der Waals surface area contributed by atoms with Crippen LogP contribution in [0.5, 0.6) is 11.5 Å². The molecule has 158 valence electrons. The second-order valence-electron chi connectivity index (χ2n) is 8.30. The third-order valence-corrected chi connectivity index (χ3v) is 5.73. The molecule has 0 aromatic heterocycles. The molecule has 0 atom stereocenters. The Labute approximate surface area is 178 Å². The van der Waals surface area contributed by atoms with Gasteiger partial charge in [0.25, 0.3) is 0 Å². The highest BCUT2D eigenvalue weighted by molar-refractivity contribution is 6.15. The zero-order valence-electron chi connectivity index (χ0n) is 18.2. The molecule has 0 aliphatic carbocycles. The molecular formula is C25H29NO4. The van der Waals surface area contributed by atoms with E-state index in [1.165, 1.54) is 5.56 Å². The number of Topliss-reactive ketones (excluding diaryl/α,β-unsaturated/α-hetero) is 1. The smallest absolute Gasteiger partial charge is 0.231 e. The lowest BCUT2D eigenvalue weighted by Crippen LogP contribution is -2.33. The topological polar surface area (TPSA) is 48.0 Å². The molecule has 0 saturated carbocycles. The van der Waals surface area contributed by atoms with Crippen molar-refractivity contribution in [3.05, 3.63) is 63.9 Å². The second kappa shape index (κ2) is 8.62. The number of ether oxygens (including phenoxy) is 3. The van der Waals surface area contributed by atoms with Crippen molar-refractivity contribution in [1.82, 2.24) is 4.90 Å². The van der Waals surface area contributed by atoms with Crippen molar-refractivity contribution in [1.29, 1.82) is 0 Å². The third kappa shape index (κ3) is 4.00. The van der Waals surface area contributed by atoms with E-state index < -0.39 is 0 Å². The van der Waals surface area contributed by atoms with Crippen LogP contribution in [0.25, 0.3) is 6.08 Å². The van der Waals surface area contributed by atoms with Crippen molar-refractivity contribution in [2.24, 2.45) is 0 Å². The summed E-state index contributed by atoms with van der Waals surface area (Å²) < 4.78 is 17.2. The van der Waals surface area contributed by atoms with Crippen LogP contribution < -0.4 is 9.47 Å². The van der Waals surface area contributed by atoms with E-state index in [-0.39, 0.29) is 5.78 Å². The standard InChI is InChI=1S/C25H29NO4/c1-16(2)19-8-6-18(7-9-19)12-22-23(27)21-13-20-14-26(10-5-11-28-4)15-29-24(20)17(3)25(21)30-22/h6-9,12-13,16H,5,10-11,14-15H2,1-4H3/b22-12-. The van der Waals surface area contributed by atoms with Gasteiger partial charge in [0.05, 0.1) is 5.56 Å². The molecule has 5 heteroatoms.